The maximum absolute atomic E-state index is 5.11. The van der Waals surface area contributed by atoms with E-state index >= 15 is 0 Å². The smallest absolute Gasteiger partial charge is 0.137 e. The summed E-state index contributed by atoms with van der Waals surface area (Å²) in [5.74, 6) is 1.64. The fraction of sp³-hybridized carbons (Fsp3) is 0.200. The summed E-state index contributed by atoms with van der Waals surface area (Å²) in [4.78, 5) is 8.29. The molecule has 4 nitrogen and oxygen atoms in total. The maximum Gasteiger partial charge on any atom is 0.137 e. The highest BCUT2D eigenvalue weighted by Gasteiger charge is 2.02. The van der Waals surface area contributed by atoms with Gasteiger partial charge in [-0.25, -0.2) is 9.97 Å². The van der Waals surface area contributed by atoms with Crippen molar-refractivity contribution in [3.8, 4) is 5.75 Å². The van der Waals surface area contributed by atoms with Gasteiger partial charge in [-0.05, 0) is 12.1 Å². The van der Waals surface area contributed by atoms with Gasteiger partial charge in [0.15, 0.2) is 0 Å². The van der Waals surface area contributed by atoms with Crippen molar-refractivity contribution in [1.29, 1.82) is 0 Å². The van der Waals surface area contributed by atoms with Crippen molar-refractivity contribution >= 4 is 16.7 Å². The van der Waals surface area contributed by atoms with E-state index in [1.165, 1.54) is 6.33 Å². The largest absolute Gasteiger partial charge is 0.497 e. The fourth-order valence-corrected chi connectivity index (χ4v) is 1.36. The van der Waals surface area contributed by atoms with Crippen LogP contribution in [-0.4, -0.2) is 24.1 Å². The number of ether oxygens (including phenoxy) is 1. The van der Waals surface area contributed by atoms with Gasteiger partial charge in [-0.1, -0.05) is 0 Å². The van der Waals surface area contributed by atoms with Gasteiger partial charge >= 0.3 is 0 Å². The molecule has 0 saturated heterocycles. The van der Waals surface area contributed by atoms with Crippen molar-refractivity contribution in [2.45, 2.75) is 0 Å². The first kappa shape index (κ1) is 8.74. The van der Waals surface area contributed by atoms with E-state index in [1.54, 1.807) is 7.11 Å². The summed E-state index contributed by atoms with van der Waals surface area (Å²) in [5, 5.41) is 4.01. The quantitative estimate of drug-likeness (QED) is 0.780. The second kappa shape index (κ2) is 3.49. The van der Waals surface area contributed by atoms with Crippen LogP contribution in [0.1, 0.15) is 0 Å². The maximum atomic E-state index is 5.11. The van der Waals surface area contributed by atoms with Gasteiger partial charge in [0.25, 0.3) is 0 Å². The van der Waals surface area contributed by atoms with Crippen molar-refractivity contribution in [2.24, 2.45) is 0 Å². The zero-order valence-electron chi connectivity index (χ0n) is 8.11. The number of rotatable bonds is 2. The van der Waals surface area contributed by atoms with E-state index in [2.05, 4.69) is 15.3 Å². The third-order valence-electron chi connectivity index (χ3n) is 2.08. The van der Waals surface area contributed by atoms with Crippen molar-refractivity contribution < 1.29 is 4.74 Å². The van der Waals surface area contributed by atoms with E-state index in [-0.39, 0.29) is 0 Å². The second-order valence-electron chi connectivity index (χ2n) is 2.86. The summed E-state index contributed by atoms with van der Waals surface area (Å²) in [6.07, 6.45) is 1.54. The molecule has 0 spiro atoms. The Balaban J connectivity index is 2.67. The highest BCUT2D eigenvalue weighted by atomic mass is 16.5. The van der Waals surface area contributed by atoms with Crippen LogP contribution in [0.3, 0.4) is 0 Å². The molecule has 1 heterocycles. The van der Waals surface area contributed by atoms with Gasteiger partial charge in [0.2, 0.25) is 0 Å². The molecule has 0 aliphatic heterocycles. The number of benzene rings is 1. The Kier molecular flexibility index (Phi) is 2.18. The first-order valence-electron chi connectivity index (χ1n) is 4.31. The number of nitrogens with zero attached hydrogens (tertiary/aromatic N) is 2. The minimum absolute atomic E-state index is 0.804. The molecule has 0 amide bonds. The molecular weight excluding hydrogens is 178 g/mol. The Morgan fingerprint density at radius 1 is 1.29 bits per heavy atom. The Hall–Kier alpha value is -1.84. The number of aromatic nitrogens is 2. The molecule has 2 rings (SSSR count). The molecule has 14 heavy (non-hydrogen) atoms. The molecule has 0 fully saturated rings. The summed E-state index contributed by atoms with van der Waals surface area (Å²) in [6.45, 7) is 0. The lowest BCUT2D eigenvalue weighted by molar-refractivity contribution is 0.415. The molecule has 0 atom stereocenters. The molecule has 0 bridgehead atoms. The average molecular weight is 189 g/mol. The average Bonchev–Trinajstić information content (AvgIpc) is 2.27. The van der Waals surface area contributed by atoms with E-state index < -0.39 is 0 Å². The SMILES string of the molecule is CNc1ncnc2cc(OC)ccc12. The minimum atomic E-state index is 0.804. The highest BCUT2D eigenvalue weighted by molar-refractivity contribution is 5.89. The van der Waals surface area contributed by atoms with E-state index in [0.29, 0.717) is 0 Å². The second-order valence-corrected chi connectivity index (χ2v) is 2.86. The molecule has 0 aliphatic carbocycles. The monoisotopic (exact) mass is 189 g/mol. The molecule has 0 saturated carbocycles. The first-order chi connectivity index (χ1) is 6.85. The van der Waals surface area contributed by atoms with Crippen molar-refractivity contribution in [3.05, 3.63) is 24.5 Å². The highest BCUT2D eigenvalue weighted by Crippen LogP contribution is 2.22. The Morgan fingerprint density at radius 2 is 2.14 bits per heavy atom. The van der Waals surface area contributed by atoms with Crippen molar-refractivity contribution in [2.75, 3.05) is 19.5 Å². The molecule has 72 valence electrons. The molecule has 2 aromatic rings. The molecule has 1 N–H and O–H groups in total. The summed E-state index contributed by atoms with van der Waals surface area (Å²) in [6, 6.07) is 5.73. The van der Waals surface area contributed by atoms with Gasteiger partial charge in [-0.3, -0.25) is 0 Å². The standard InChI is InChI=1S/C10H11N3O/c1-11-10-8-4-3-7(14-2)5-9(8)12-6-13-10/h3-6H,1-2H3,(H,11,12,13). The molecule has 1 aromatic carbocycles. The number of fused-ring (bicyclic) bond motifs is 1. The van der Waals surface area contributed by atoms with Crippen LogP contribution in [0.25, 0.3) is 10.9 Å². The van der Waals surface area contributed by atoms with Crippen LogP contribution in [0, 0.1) is 0 Å². The Morgan fingerprint density at radius 3 is 2.86 bits per heavy atom. The van der Waals surface area contributed by atoms with Crippen molar-refractivity contribution in [3.63, 3.8) is 0 Å². The summed E-state index contributed by atoms with van der Waals surface area (Å²) in [7, 11) is 3.48. The van der Waals surface area contributed by atoms with Crippen LogP contribution < -0.4 is 10.1 Å². The molecular formula is C10H11N3O. The minimum Gasteiger partial charge on any atom is -0.497 e. The Bertz CT molecular complexity index is 456. The summed E-state index contributed by atoms with van der Waals surface area (Å²) < 4.78 is 5.11. The molecule has 0 aliphatic rings. The van der Waals surface area contributed by atoms with E-state index in [1.807, 2.05) is 25.2 Å². The topological polar surface area (TPSA) is 47.0 Å². The molecule has 1 aromatic heterocycles. The zero-order chi connectivity index (χ0) is 9.97. The van der Waals surface area contributed by atoms with Gasteiger partial charge in [-0.15, -0.1) is 0 Å². The normalized spacial score (nSPS) is 10.1. The lowest BCUT2D eigenvalue weighted by Gasteiger charge is -2.05. The fourth-order valence-electron chi connectivity index (χ4n) is 1.36. The number of anilines is 1. The van der Waals surface area contributed by atoms with E-state index in [4.69, 9.17) is 4.74 Å². The summed E-state index contributed by atoms with van der Waals surface area (Å²) >= 11 is 0. The van der Waals surface area contributed by atoms with Crippen LogP contribution >= 0.6 is 0 Å². The van der Waals surface area contributed by atoms with E-state index in [0.717, 1.165) is 22.5 Å². The number of methoxy groups -OCH3 is 1. The Labute approximate surface area is 81.9 Å². The van der Waals surface area contributed by atoms with Crippen molar-refractivity contribution in [1.82, 2.24) is 9.97 Å². The van der Waals surface area contributed by atoms with Gasteiger partial charge in [0.1, 0.15) is 17.9 Å². The predicted molar refractivity (Wildman–Crippen MR) is 55.6 cm³/mol. The van der Waals surface area contributed by atoms with Gasteiger partial charge in [0, 0.05) is 18.5 Å². The first-order valence-corrected chi connectivity index (χ1v) is 4.31. The third kappa shape index (κ3) is 1.35. The summed E-state index contributed by atoms with van der Waals surface area (Å²) in [5.41, 5.74) is 0.878. The molecule has 0 radical (unpaired) electrons. The van der Waals surface area contributed by atoms with Crippen LogP contribution in [0.2, 0.25) is 0 Å². The van der Waals surface area contributed by atoms with Gasteiger partial charge < -0.3 is 10.1 Å². The lowest BCUT2D eigenvalue weighted by atomic mass is 10.2. The van der Waals surface area contributed by atoms with Crippen LogP contribution in [0.5, 0.6) is 5.75 Å². The van der Waals surface area contributed by atoms with Crippen LogP contribution in [0.4, 0.5) is 5.82 Å². The lowest BCUT2D eigenvalue weighted by Crippen LogP contribution is -1.94. The zero-order valence-corrected chi connectivity index (χ0v) is 8.11. The van der Waals surface area contributed by atoms with E-state index in [9.17, 15) is 0 Å². The number of hydrogen-bond donors (Lipinski definition) is 1. The number of hydrogen-bond acceptors (Lipinski definition) is 4. The number of nitrogens with one attached hydrogen (secondary N) is 1. The third-order valence-corrected chi connectivity index (χ3v) is 2.08. The molecule has 4 heteroatoms. The van der Waals surface area contributed by atoms with Gasteiger partial charge in [0.05, 0.1) is 12.6 Å². The molecule has 0 unspecified atom stereocenters. The predicted octanol–water partition coefficient (Wildman–Crippen LogP) is 1.68. The van der Waals surface area contributed by atoms with Gasteiger partial charge in [-0.2, -0.15) is 0 Å². The van der Waals surface area contributed by atoms with Crippen LogP contribution in [0.15, 0.2) is 24.5 Å². The van der Waals surface area contributed by atoms with Crippen LogP contribution in [-0.2, 0) is 0 Å².